The van der Waals surface area contributed by atoms with Crippen molar-refractivity contribution in [2.45, 2.75) is 37.9 Å². The second kappa shape index (κ2) is 9.17. The number of hydrogen-bond donors (Lipinski definition) is 1. The van der Waals surface area contributed by atoms with E-state index in [1.807, 2.05) is 32.0 Å². The number of thioether (sulfide) groups is 1. The summed E-state index contributed by atoms with van der Waals surface area (Å²) in [6.45, 7) is 3.44. The highest BCUT2D eigenvalue weighted by molar-refractivity contribution is 8.03. The molecule has 2 aromatic rings. The maximum absolute atomic E-state index is 13.3. The molecule has 0 radical (unpaired) electrons. The van der Waals surface area contributed by atoms with E-state index in [4.69, 9.17) is 0 Å². The second-order valence-corrected chi connectivity index (χ2v) is 9.27. The van der Waals surface area contributed by atoms with E-state index in [0.717, 1.165) is 33.7 Å². The van der Waals surface area contributed by atoms with Crippen LogP contribution in [0.3, 0.4) is 0 Å². The van der Waals surface area contributed by atoms with Crippen molar-refractivity contribution in [1.82, 2.24) is 9.80 Å². The number of para-hydroxylation sites is 1. The van der Waals surface area contributed by atoms with Gasteiger partial charge in [0.2, 0.25) is 11.8 Å². The number of rotatable bonds is 5. The summed E-state index contributed by atoms with van der Waals surface area (Å²) in [4.78, 5) is 41.4. The Morgan fingerprint density at radius 2 is 1.82 bits per heavy atom. The first-order valence-electron chi connectivity index (χ1n) is 10.5. The van der Waals surface area contributed by atoms with Gasteiger partial charge in [0.15, 0.2) is 0 Å². The molecule has 2 heterocycles. The van der Waals surface area contributed by atoms with Gasteiger partial charge in [-0.25, -0.2) is 4.79 Å². The highest BCUT2D eigenvalue weighted by Crippen LogP contribution is 2.36. The molecule has 0 aliphatic carbocycles. The number of benzene rings is 2. The number of hydrogen-bond acceptors (Lipinski definition) is 4. The van der Waals surface area contributed by atoms with Crippen molar-refractivity contribution >= 4 is 35.3 Å². The van der Waals surface area contributed by atoms with Crippen molar-refractivity contribution in [2.75, 3.05) is 11.9 Å². The normalized spacial score (nSPS) is 20.0. The van der Waals surface area contributed by atoms with Crippen molar-refractivity contribution < 1.29 is 27.6 Å². The molecular weight excluding hydrogens is 467 g/mol. The molecule has 1 saturated heterocycles. The fraction of sp³-hybridized carbons (Fsp3) is 0.292. The van der Waals surface area contributed by atoms with E-state index < -0.39 is 41.5 Å². The first-order valence-corrected chi connectivity index (χ1v) is 11.5. The molecule has 4 amide bonds. The fourth-order valence-electron chi connectivity index (χ4n) is 3.98. The number of anilines is 1. The molecule has 1 fully saturated rings. The van der Waals surface area contributed by atoms with Crippen LogP contribution < -0.4 is 5.32 Å². The minimum atomic E-state index is -4.64. The average molecular weight is 490 g/mol. The number of halogens is 3. The maximum Gasteiger partial charge on any atom is 0.418 e. The van der Waals surface area contributed by atoms with Crippen LogP contribution >= 0.6 is 11.8 Å². The summed E-state index contributed by atoms with van der Waals surface area (Å²) >= 11 is 1.25. The largest absolute Gasteiger partial charge is 0.418 e. The van der Waals surface area contributed by atoms with Crippen LogP contribution in [-0.4, -0.2) is 45.5 Å². The molecule has 2 unspecified atom stereocenters. The Morgan fingerprint density at radius 3 is 2.53 bits per heavy atom. The van der Waals surface area contributed by atoms with Crippen LogP contribution in [0.15, 0.2) is 53.9 Å². The Bertz CT molecular complexity index is 1180. The van der Waals surface area contributed by atoms with E-state index in [0.29, 0.717) is 0 Å². The van der Waals surface area contributed by atoms with E-state index in [9.17, 15) is 27.6 Å². The van der Waals surface area contributed by atoms with Crippen LogP contribution in [-0.2, 0) is 22.3 Å². The summed E-state index contributed by atoms with van der Waals surface area (Å²) in [5.41, 5.74) is 1.49. The average Bonchev–Trinajstić information content (AvgIpc) is 3.26. The number of urea groups is 1. The van der Waals surface area contributed by atoms with Gasteiger partial charge in [-0.3, -0.25) is 14.5 Å². The van der Waals surface area contributed by atoms with E-state index in [2.05, 4.69) is 5.32 Å². The summed E-state index contributed by atoms with van der Waals surface area (Å²) in [6.07, 6.45) is -2.98. The van der Waals surface area contributed by atoms with Crippen LogP contribution in [0.25, 0.3) is 0 Å². The summed E-state index contributed by atoms with van der Waals surface area (Å²) in [5.74, 6) is -1.14. The number of carbonyl (C=O) groups excluding carboxylic acids is 3. The van der Waals surface area contributed by atoms with Gasteiger partial charge >= 0.3 is 12.2 Å². The number of carbonyl (C=O) groups is 3. The van der Waals surface area contributed by atoms with E-state index >= 15 is 0 Å². The van der Waals surface area contributed by atoms with Gasteiger partial charge in [0.1, 0.15) is 11.8 Å². The Balaban J connectivity index is 1.55. The molecule has 2 aliphatic rings. The maximum atomic E-state index is 13.3. The Kier molecular flexibility index (Phi) is 6.44. The Hall–Kier alpha value is -3.27. The molecule has 2 aliphatic heterocycles. The lowest BCUT2D eigenvalue weighted by molar-refractivity contribution is -0.137. The topological polar surface area (TPSA) is 69.7 Å². The minimum Gasteiger partial charge on any atom is -0.324 e. The van der Waals surface area contributed by atoms with Gasteiger partial charge in [0.05, 0.1) is 23.8 Å². The molecule has 178 valence electrons. The molecule has 2 aromatic carbocycles. The second-order valence-electron chi connectivity index (χ2n) is 8.22. The Labute approximate surface area is 198 Å². The molecule has 0 spiro atoms. The molecule has 10 heteroatoms. The minimum absolute atomic E-state index is 0.0393. The molecule has 2 atom stereocenters. The van der Waals surface area contributed by atoms with Crippen LogP contribution in [0, 0.1) is 13.8 Å². The van der Waals surface area contributed by atoms with Gasteiger partial charge in [-0.15, -0.1) is 11.8 Å². The van der Waals surface area contributed by atoms with E-state index in [-0.39, 0.29) is 18.1 Å². The number of imide groups is 1. The van der Waals surface area contributed by atoms with Crippen LogP contribution in [0.1, 0.15) is 22.3 Å². The monoisotopic (exact) mass is 489 g/mol. The van der Waals surface area contributed by atoms with Crippen molar-refractivity contribution in [2.24, 2.45) is 0 Å². The van der Waals surface area contributed by atoms with Gasteiger partial charge in [0.25, 0.3) is 0 Å². The predicted octanol–water partition coefficient (Wildman–Crippen LogP) is 4.72. The third-order valence-corrected chi connectivity index (χ3v) is 6.98. The highest BCUT2D eigenvalue weighted by Gasteiger charge is 2.47. The number of amides is 4. The highest BCUT2D eigenvalue weighted by atomic mass is 32.2. The smallest absolute Gasteiger partial charge is 0.324 e. The number of fused-ring (bicyclic) bond motifs is 1. The van der Waals surface area contributed by atoms with Crippen LogP contribution in [0.5, 0.6) is 0 Å². The SMILES string of the molecule is Cc1ccc(CN2C(=O)C3SC=CC3N(CC(=O)Nc3ccccc3C(F)(F)F)C2=O)cc1C. The van der Waals surface area contributed by atoms with Crippen molar-refractivity contribution in [3.8, 4) is 0 Å². The van der Waals surface area contributed by atoms with Crippen LogP contribution in [0.2, 0.25) is 0 Å². The lowest BCUT2D eigenvalue weighted by atomic mass is 10.0. The lowest BCUT2D eigenvalue weighted by Gasteiger charge is -2.41. The first kappa shape index (κ1) is 23.9. The van der Waals surface area contributed by atoms with E-state index in [1.165, 1.54) is 28.8 Å². The zero-order valence-corrected chi connectivity index (χ0v) is 19.2. The molecule has 0 bridgehead atoms. The Morgan fingerprint density at radius 1 is 1.09 bits per heavy atom. The molecule has 6 nitrogen and oxygen atoms in total. The zero-order chi connectivity index (χ0) is 24.6. The van der Waals surface area contributed by atoms with Gasteiger partial charge in [-0.2, -0.15) is 13.2 Å². The van der Waals surface area contributed by atoms with Gasteiger partial charge < -0.3 is 10.2 Å². The van der Waals surface area contributed by atoms with Gasteiger partial charge in [-0.05, 0) is 48.1 Å². The summed E-state index contributed by atoms with van der Waals surface area (Å²) in [7, 11) is 0. The van der Waals surface area contributed by atoms with Gasteiger partial charge in [-0.1, -0.05) is 36.4 Å². The van der Waals surface area contributed by atoms with E-state index in [1.54, 1.807) is 11.5 Å². The molecule has 0 aromatic heterocycles. The summed E-state index contributed by atoms with van der Waals surface area (Å²) < 4.78 is 39.8. The third-order valence-electron chi connectivity index (χ3n) is 5.89. The number of alkyl halides is 3. The molecule has 1 N–H and O–H groups in total. The van der Waals surface area contributed by atoms with Crippen molar-refractivity contribution in [1.29, 1.82) is 0 Å². The molecule has 34 heavy (non-hydrogen) atoms. The zero-order valence-electron chi connectivity index (χ0n) is 18.4. The first-order chi connectivity index (χ1) is 16.1. The predicted molar refractivity (Wildman–Crippen MR) is 123 cm³/mol. The number of nitrogens with one attached hydrogen (secondary N) is 1. The number of aryl methyl sites for hydroxylation is 2. The van der Waals surface area contributed by atoms with Crippen molar-refractivity contribution in [3.05, 3.63) is 76.2 Å². The van der Waals surface area contributed by atoms with Crippen molar-refractivity contribution in [3.63, 3.8) is 0 Å². The standard InChI is InChI=1S/C24H22F3N3O3S/c1-14-7-8-16(11-15(14)2)12-30-22(32)21-19(9-10-34-21)29(23(30)33)13-20(31)28-18-6-4-3-5-17(18)24(25,26)27/h3-11,19,21H,12-13H2,1-2H3,(H,28,31). The fourth-order valence-corrected chi connectivity index (χ4v) is 5.04. The quantitative estimate of drug-likeness (QED) is 0.660. The van der Waals surface area contributed by atoms with Crippen LogP contribution in [0.4, 0.5) is 23.7 Å². The molecule has 0 saturated carbocycles. The third kappa shape index (κ3) is 4.68. The number of nitrogens with zero attached hydrogens (tertiary/aromatic N) is 2. The molecule has 4 rings (SSSR count). The summed E-state index contributed by atoms with van der Waals surface area (Å²) in [6, 6.07) is 8.97. The lowest BCUT2D eigenvalue weighted by Crippen LogP contribution is -2.62. The summed E-state index contributed by atoms with van der Waals surface area (Å²) in [5, 5.41) is 3.35. The van der Waals surface area contributed by atoms with Gasteiger partial charge in [0, 0.05) is 0 Å². The molecular formula is C24H22F3N3O3S.